The molecule has 1 aromatic rings. The minimum Gasteiger partial charge on any atom is -0.429 e. The third-order valence-corrected chi connectivity index (χ3v) is 1.17. The Hall–Kier alpha value is -0.795. The maximum absolute atomic E-state index is 8.18. The van der Waals surface area contributed by atoms with Crippen LogP contribution in [0.5, 0.6) is 0 Å². The van der Waals surface area contributed by atoms with Crippen LogP contribution in [0, 0.1) is 0 Å². The van der Waals surface area contributed by atoms with Crippen molar-refractivity contribution in [1.29, 1.82) is 0 Å². The molecule has 0 atom stereocenters. The average Bonchev–Trinajstić information content (AvgIpc) is 2.03. The Bertz CT molecular complexity index is 176. The molecule has 0 saturated heterocycles. The lowest BCUT2D eigenvalue weighted by atomic mass is 10.2. The molecule has 0 heterocycles. The minimum atomic E-state index is 0.428. The second kappa shape index (κ2) is 4.09. The van der Waals surface area contributed by atoms with Gasteiger partial charge in [0, 0.05) is 0 Å². The highest BCUT2D eigenvalue weighted by molar-refractivity contribution is 6.15. The van der Waals surface area contributed by atoms with Crippen LogP contribution in [0.1, 0.15) is 5.56 Å². The van der Waals surface area contributed by atoms with E-state index in [1.165, 1.54) is 0 Å². The van der Waals surface area contributed by atoms with E-state index in [0.717, 1.165) is 5.56 Å². The molecule has 0 fully saturated rings. The Kier molecular flexibility index (Phi) is 2.99. The maximum atomic E-state index is 8.18. The van der Waals surface area contributed by atoms with Gasteiger partial charge >= 0.3 is 7.69 Å². The zero-order valence-corrected chi connectivity index (χ0v) is 5.53. The van der Waals surface area contributed by atoms with Crippen LogP contribution < -0.4 is 0 Å². The topological polar surface area (TPSA) is 29.5 Å². The number of hydrogen-bond acceptors (Lipinski definition) is 2. The molecule has 3 heteroatoms. The molecule has 0 amide bonds. The van der Waals surface area contributed by atoms with Crippen LogP contribution in [0.15, 0.2) is 30.3 Å². The fourth-order valence-corrected chi connectivity index (χ4v) is 0.708. The van der Waals surface area contributed by atoms with Gasteiger partial charge in [0.05, 0.1) is 6.61 Å². The Labute approximate surface area is 60.8 Å². The van der Waals surface area contributed by atoms with Gasteiger partial charge in [-0.3, -0.25) is 0 Å². The van der Waals surface area contributed by atoms with Gasteiger partial charge in [-0.05, 0) is 5.56 Å². The molecule has 0 unspecified atom stereocenters. The summed E-state index contributed by atoms with van der Waals surface area (Å²) in [6.45, 7) is 0.428. The number of rotatable bonds is 3. The first-order valence-corrected chi connectivity index (χ1v) is 3.05. The van der Waals surface area contributed by atoms with E-state index in [9.17, 15) is 0 Å². The predicted octanol–water partition coefficient (Wildman–Crippen LogP) is 0.730. The highest BCUT2D eigenvalue weighted by atomic mass is 16.5. The standard InChI is InChI=1S/C7H8BO2/c9-8-10-6-7-4-2-1-3-5-7/h1-5,9H,6H2. The molecule has 10 heavy (non-hydrogen) atoms. The van der Waals surface area contributed by atoms with Crippen LogP contribution in [0.3, 0.4) is 0 Å². The molecule has 0 aliphatic carbocycles. The summed E-state index contributed by atoms with van der Waals surface area (Å²) in [5.41, 5.74) is 1.05. The predicted molar refractivity (Wildman–Crippen MR) is 39.2 cm³/mol. The van der Waals surface area contributed by atoms with Crippen molar-refractivity contribution in [3.05, 3.63) is 35.9 Å². The van der Waals surface area contributed by atoms with Crippen LogP contribution in [-0.4, -0.2) is 12.7 Å². The van der Waals surface area contributed by atoms with Gasteiger partial charge in [0.1, 0.15) is 0 Å². The fourth-order valence-electron chi connectivity index (χ4n) is 0.708. The summed E-state index contributed by atoms with van der Waals surface area (Å²) in [6, 6.07) is 9.66. The van der Waals surface area contributed by atoms with Crippen molar-refractivity contribution < 1.29 is 9.68 Å². The van der Waals surface area contributed by atoms with E-state index >= 15 is 0 Å². The van der Waals surface area contributed by atoms with Gasteiger partial charge < -0.3 is 9.68 Å². The van der Waals surface area contributed by atoms with Gasteiger partial charge in [0.2, 0.25) is 0 Å². The van der Waals surface area contributed by atoms with E-state index in [-0.39, 0.29) is 0 Å². The summed E-state index contributed by atoms with van der Waals surface area (Å²) in [4.78, 5) is 0. The van der Waals surface area contributed by atoms with E-state index in [4.69, 9.17) is 5.02 Å². The zero-order valence-electron chi connectivity index (χ0n) is 5.53. The number of hydrogen-bond donors (Lipinski definition) is 1. The Morgan fingerprint density at radius 2 is 2.00 bits per heavy atom. The molecule has 0 saturated carbocycles. The quantitative estimate of drug-likeness (QED) is 0.619. The van der Waals surface area contributed by atoms with Crippen LogP contribution in [0.25, 0.3) is 0 Å². The maximum Gasteiger partial charge on any atom is 0.485 e. The van der Waals surface area contributed by atoms with Gasteiger partial charge in [0.15, 0.2) is 0 Å². The van der Waals surface area contributed by atoms with Crippen LogP contribution >= 0.6 is 0 Å². The molecule has 0 aromatic heterocycles. The largest absolute Gasteiger partial charge is 0.485 e. The zero-order chi connectivity index (χ0) is 7.23. The van der Waals surface area contributed by atoms with Crippen molar-refractivity contribution in [2.24, 2.45) is 0 Å². The number of benzene rings is 1. The van der Waals surface area contributed by atoms with Crippen molar-refractivity contribution in [2.45, 2.75) is 6.61 Å². The molecule has 1 rings (SSSR count). The molecule has 2 nitrogen and oxygen atoms in total. The second-order valence-electron chi connectivity index (χ2n) is 1.90. The van der Waals surface area contributed by atoms with E-state index < -0.39 is 0 Å². The summed E-state index contributed by atoms with van der Waals surface area (Å²) >= 11 is 0. The van der Waals surface area contributed by atoms with Crippen LogP contribution in [0.4, 0.5) is 0 Å². The molecule has 0 spiro atoms. The van der Waals surface area contributed by atoms with E-state index in [1.54, 1.807) is 0 Å². The third kappa shape index (κ3) is 2.21. The Morgan fingerprint density at radius 1 is 1.30 bits per heavy atom. The lowest BCUT2D eigenvalue weighted by molar-refractivity contribution is 0.273. The monoisotopic (exact) mass is 135 g/mol. The summed E-state index contributed by atoms with van der Waals surface area (Å²) in [5, 5.41) is 8.18. The summed E-state index contributed by atoms with van der Waals surface area (Å²) in [6.07, 6.45) is 0. The minimum absolute atomic E-state index is 0.428. The van der Waals surface area contributed by atoms with Crippen molar-refractivity contribution in [3.8, 4) is 0 Å². The molecule has 0 aliphatic rings. The third-order valence-electron chi connectivity index (χ3n) is 1.17. The van der Waals surface area contributed by atoms with Crippen molar-refractivity contribution in [3.63, 3.8) is 0 Å². The molecule has 0 aliphatic heterocycles. The normalized spacial score (nSPS) is 9.30. The first-order valence-electron chi connectivity index (χ1n) is 3.05. The lowest BCUT2D eigenvalue weighted by Gasteiger charge is -1.97. The SMILES string of the molecule is O[B]OCc1ccccc1. The fraction of sp³-hybridized carbons (Fsp3) is 0.143. The first-order chi connectivity index (χ1) is 4.93. The summed E-state index contributed by atoms with van der Waals surface area (Å²) in [5.74, 6) is 0. The molecule has 0 bridgehead atoms. The van der Waals surface area contributed by atoms with Crippen LogP contribution in [-0.2, 0) is 11.3 Å². The van der Waals surface area contributed by atoms with Crippen molar-refractivity contribution in [2.75, 3.05) is 0 Å². The highest BCUT2D eigenvalue weighted by Crippen LogP contribution is 1.98. The Morgan fingerprint density at radius 3 is 2.60 bits per heavy atom. The highest BCUT2D eigenvalue weighted by Gasteiger charge is 1.89. The summed E-state index contributed by atoms with van der Waals surface area (Å²) in [7, 11) is 0.701. The van der Waals surface area contributed by atoms with Crippen molar-refractivity contribution >= 4 is 7.69 Å². The van der Waals surface area contributed by atoms with Gasteiger partial charge in [-0.15, -0.1) is 0 Å². The lowest BCUT2D eigenvalue weighted by Crippen LogP contribution is -1.96. The van der Waals surface area contributed by atoms with E-state index in [0.29, 0.717) is 14.3 Å². The molecule has 1 N–H and O–H groups in total. The smallest absolute Gasteiger partial charge is 0.429 e. The van der Waals surface area contributed by atoms with Gasteiger partial charge in [0.25, 0.3) is 0 Å². The van der Waals surface area contributed by atoms with Gasteiger partial charge in [-0.2, -0.15) is 0 Å². The summed E-state index contributed by atoms with van der Waals surface area (Å²) < 4.78 is 4.65. The molecule has 1 aromatic carbocycles. The molecular weight excluding hydrogens is 127 g/mol. The van der Waals surface area contributed by atoms with Crippen LogP contribution in [0.2, 0.25) is 0 Å². The van der Waals surface area contributed by atoms with Gasteiger partial charge in [-0.25, -0.2) is 0 Å². The first kappa shape index (κ1) is 7.31. The second-order valence-corrected chi connectivity index (χ2v) is 1.90. The Balaban J connectivity index is 2.43. The van der Waals surface area contributed by atoms with E-state index in [2.05, 4.69) is 4.65 Å². The molecular formula is C7H8BO2. The van der Waals surface area contributed by atoms with Crippen molar-refractivity contribution in [1.82, 2.24) is 0 Å². The van der Waals surface area contributed by atoms with Gasteiger partial charge in [-0.1, -0.05) is 30.3 Å². The molecule has 51 valence electrons. The van der Waals surface area contributed by atoms with E-state index in [1.807, 2.05) is 30.3 Å². The molecule has 1 radical (unpaired) electrons. The average molecular weight is 135 g/mol.